The van der Waals surface area contributed by atoms with E-state index in [-0.39, 0.29) is 13.2 Å². The van der Waals surface area contributed by atoms with Crippen molar-refractivity contribution in [1.29, 1.82) is 0 Å². The van der Waals surface area contributed by atoms with Gasteiger partial charge in [-0.05, 0) is 25.1 Å². The average molecular weight is 357 g/mol. The van der Waals surface area contributed by atoms with Crippen molar-refractivity contribution in [2.45, 2.75) is 6.92 Å². The van der Waals surface area contributed by atoms with Crippen LogP contribution in [-0.2, 0) is 9.53 Å². The van der Waals surface area contributed by atoms with Gasteiger partial charge in [-0.3, -0.25) is 14.5 Å². The Morgan fingerprint density at radius 2 is 2.00 bits per heavy atom. The second-order valence-electron chi connectivity index (χ2n) is 4.32. The first-order valence-corrected chi connectivity index (χ1v) is 7.09. The van der Waals surface area contributed by atoms with Gasteiger partial charge in [0.15, 0.2) is 6.29 Å². The van der Waals surface area contributed by atoms with E-state index in [4.69, 9.17) is 4.74 Å². The van der Waals surface area contributed by atoms with Crippen molar-refractivity contribution in [3.8, 4) is 0 Å². The minimum Gasteiger partial charge on any atom is -0.465 e. The molecule has 0 fully saturated rings. The van der Waals surface area contributed by atoms with Crippen LogP contribution in [0.3, 0.4) is 0 Å². The molecule has 0 N–H and O–H groups in total. The van der Waals surface area contributed by atoms with E-state index in [0.29, 0.717) is 17.5 Å². The number of urea groups is 1. The Bertz CT molecular complexity index is 548. The number of amides is 2. The second-order valence-corrected chi connectivity index (χ2v) is 5.24. The van der Waals surface area contributed by atoms with Crippen molar-refractivity contribution in [1.82, 2.24) is 4.90 Å². The number of carbonyl (C=O) groups excluding carboxylic acids is 3. The molecule has 0 radical (unpaired) electrons. The molecule has 0 aliphatic heterocycles. The van der Waals surface area contributed by atoms with Crippen LogP contribution in [0.4, 0.5) is 10.5 Å². The molecule has 0 atom stereocenters. The van der Waals surface area contributed by atoms with Crippen molar-refractivity contribution in [2.75, 3.05) is 32.1 Å². The highest BCUT2D eigenvalue weighted by Gasteiger charge is 2.20. The van der Waals surface area contributed by atoms with E-state index < -0.39 is 12.0 Å². The number of esters is 1. The van der Waals surface area contributed by atoms with Crippen LogP contribution in [0.1, 0.15) is 17.3 Å². The summed E-state index contributed by atoms with van der Waals surface area (Å²) in [5.74, 6) is -0.480. The Morgan fingerprint density at radius 3 is 2.57 bits per heavy atom. The molecule has 0 saturated heterocycles. The van der Waals surface area contributed by atoms with Gasteiger partial charge in [-0.25, -0.2) is 4.79 Å². The minimum atomic E-state index is -0.480. The van der Waals surface area contributed by atoms with Crippen molar-refractivity contribution in [3.05, 3.63) is 28.2 Å². The Morgan fingerprint density at radius 1 is 1.33 bits per heavy atom. The zero-order valence-corrected chi connectivity index (χ0v) is 13.7. The molecular formula is C14H17BrN2O4. The van der Waals surface area contributed by atoms with Gasteiger partial charge in [-0.2, -0.15) is 0 Å². The number of hydrogen-bond acceptors (Lipinski definition) is 4. The summed E-state index contributed by atoms with van der Waals surface area (Å²) in [5, 5.41) is 0. The predicted octanol–water partition coefficient (Wildman–Crippen LogP) is 2.31. The maximum absolute atomic E-state index is 12.3. The van der Waals surface area contributed by atoms with Crippen molar-refractivity contribution < 1.29 is 19.1 Å². The molecule has 1 rings (SSSR count). The average Bonchev–Trinajstić information content (AvgIpc) is 2.45. The predicted molar refractivity (Wildman–Crippen MR) is 82.6 cm³/mol. The fourth-order valence-electron chi connectivity index (χ4n) is 1.73. The van der Waals surface area contributed by atoms with E-state index in [1.165, 1.54) is 16.8 Å². The first kappa shape index (κ1) is 17.2. The topological polar surface area (TPSA) is 66.9 Å². The van der Waals surface area contributed by atoms with Gasteiger partial charge in [0, 0.05) is 24.1 Å². The molecular weight excluding hydrogens is 340 g/mol. The summed E-state index contributed by atoms with van der Waals surface area (Å²) in [4.78, 5) is 37.3. The SMILES string of the molecule is CCOC(=O)CN(C)C(=O)N(C)c1cc(Br)ccc1C=O. The monoisotopic (exact) mass is 356 g/mol. The lowest BCUT2D eigenvalue weighted by Crippen LogP contribution is -2.42. The lowest BCUT2D eigenvalue weighted by molar-refractivity contribution is -0.143. The first-order valence-electron chi connectivity index (χ1n) is 6.29. The summed E-state index contributed by atoms with van der Waals surface area (Å²) in [6.45, 7) is 1.81. The van der Waals surface area contributed by atoms with Crippen LogP contribution in [0.2, 0.25) is 0 Å². The maximum Gasteiger partial charge on any atom is 0.325 e. The number of nitrogens with zero attached hydrogens (tertiary/aromatic N) is 2. The molecule has 21 heavy (non-hydrogen) atoms. The molecule has 1 aromatic carbocycles. The van der Waals surface area contributed by atoms with Crippen LogP contribution in [0, 0.1) is 0 Å². The van der Waals surface area contributed by atoms with E-state index in [1.807, 2.05) is 0 Å². The van der Waals surface area contributed by atoms with Gasteiger partial charge in [0.1, 0.15) is 6.54 Å². The highest BCUT2D eigenvalue weighted by Crippen LogP contribution is 2.24. The standard InChI is InChI=1S/C14H17BrN2O4/c1-4-21-13(19)8-16(2)14(20)17(3)12-7-11(15)6-5-10(12)9-18/h5-7,9H,4,8H2,1-3H3. The Kier molecular flexibility index (Phi) is 6.36. The highest BCUT2D eigenvalue weighted by molar-refractivity contribution is 9.10. The smallest absolute Gasteiger partial charge is 0.325 e. The van der Waals surface area contributed by atoms with Gasteiger partial charge in [0.25, 0.3) is 0 Å². The van der Waals surface area contributed by atoms with Gasteiger partial charge in [-0.1, -0.05) is 15.9 Å². The molecule has 7 heteroatoms. The van der Waals surface area contributed by atoms with Crippen molar-refractivity contribution >= 4 is 39.9 Å². The van der Waals surface area contributed by atoms with Gasteiger partial charge >= 0.3 is 12.0 Å². The second kappa shape index (κ2) is 7.78. The van der Waals surface area contributed by atoms with E-state index in [9.17, 15) is 14.4 Å². The largest absolute Gasteiger partial charge is 0.465 e. The maximum atomic E-state index is 12.3. The third-order valence-electron chi connectivity index (χ3n) is 2.77. The van der Waals surface area contributed by atoms with Crippen LogP contribution >= 0.6 is 15.9 Å². The molecule has 0 aliphatic carbocycles. The van der Waals surface area contributed by atoms with Crippen LogP contribution in [0.5, 0.6) is 0 Å². The third-order valence-corrected chi connectivity index (χ3v) is 3.26. The summed E-state index contributed by atoms with van der Waals surface area (Å²) in [7, 11) is 3.03. The highest BCUT2D eigenvalue weighted by atomic mass is 79.9. The molecule has 0 unspecified atom stereocenters. The first-order chi connectivity index (χ1) is 9.90. The number of ether oxygens (including phenoxy) is 1. The van der Waals surface area contributed by atoms with Crippen LogP contribution < -0.4 is 4.90 Å². The number of benzene rings is 1. The van der Waals surface area contributed by atoms with Crippen molar-refractivity contribution in [2.24, 2.45) is 0 Å². The van der Waals surface area contributed by atoms with Gasteiger partial charge in [0.2, 0.25) is 0 Å². The van der Waals surface area contributed by atoms with Crippen LogP contribution in [-0.4, -0.2) is 50.4 Å². The molecule has 6 nitrogen and oxygen atoms in total. The minimum absolute atomic E-state index is 0.151. The molecule has 0 saturated carbocycles. The summed E-state index contributed by atoms with van der Waals surface area (Å²) in [6, 6.07) is 4.58. The van der Waals surface area contributed by atoms with E-state index in [0.717, 1.165) is 4.47 Å². The molecule has 0 spiro atoms. The summed E-state index contributed by atoms with van der Waals surface area (Å²) >= 11 is 3.30. The molecule has 0 aromatic heterocycles. The van der Waals surface area contributed by atoms with E-state index >= 15 is 0 Å². The number of rotatable bonds is 5. The normalized spacial score (nSPS) is 9.90. The van der Waals surface area contributed by atoms with Crippen LogP contribution in [0.25, 0.3) is 0 Å². The summed E-state index contributed by atoms with van der Waals surface area (Å²) < 4.78 is 5.54. The Hall–Kier alpha value is -1.89. The number of likely N-dealkylation sites (N-methyl/N-ethyl adjacent to an activating group) is 1. The lowest BCUT2D eigenvalue weighted by atomic mass is 10.2. The summed E-state index contributed by atoms with van der Waals surface area (Å²) in [6.07, 6.45) is 0.677. The number of aldehydes is 1. The lowest BCUT2D eigenvalue weighted by Gasteiger charge is -2.25. The number of anilines is 1. The van der Waals surface area contributed by atoms with E-state index in [2.05, 4.69) is 15.9 Å². The fraction of sp³-hybridized carbons (Fsp3) is 0.357. The molecule has 2 amide bonds. The summed E-state index contributed by atoms with van der Waals surface area (Å²) in [5.41, 5.74) is 0.846. The van der Waals surface area contributed by atoms with Gasteiger partial charge < -0.3 is 9.64 Å². The molecule has 0 bridgehead atoms. The quantitative estimate of drug-likeness (QED) is 0.599. The van der Waals surface area contributed by atoms with E-state index in [1.54, 1.807) is 32.2 Å². The van der Waals surface area contributed by atoms with Crippen molar-refractivity contribution in [3.63, 3.8) is 0 Å². The Labute approximate surface area is 131 Å². The zero-order chi connectivity index (χ0) is 16.0. The molecule has 0 heterocycles. The fourth-order valence-corrected chi connectivity index (χ4v) is 2.08. The van der Waals surface area contributed by atoms with Gasteiger partial charge in [-0.15, -0.1) is 0 Å². The molecule has 0 aliphatic rings. The molecule has 114 valence electrons. The third kappa shape index (κ3) is 4.56. The van der Waals surface area contributed by atoms with Crippen LogP contribution in [0.15, 0.2) is 22.7 Å². The number of hydrogen-bond donors (Lipinski definition) is 0. The zero-order valence-electron chi connectivity index (χ0n) is 12.1. The van der Waals surface area contributed by atoms with Gasteiger partial charge in [0.05, 0.1) is 12.3 Å². The number of halogens is 1. The Balaban J connectivity index is 2.89. The number of carbonyl (C=O) groups is 3. The molecule has 1 aromatic rings.